The van der Waals surface area contributed by atoms with Gasteiger partial charge in [0.2, 0.25) is 0 Å². The monoisotopic (exact) mass is 217 g/mol. The average Bonchev–Trinajstić information content (AvgIpc) is 2.26. The Balaban J connectivity index is 2.43. The van der Waals surface area contributed by atoms with Crippen molar-refractivity contribution in [3.05, 3.63) is 36.4 Å². The SMILES string of the molecule is Nc1ccc2cccc(OCC(=O)O)c2c1. The van der Waals surface area contributed by atoms with Gasteiger partial charge in [0.25, 0.3) is 0 Å². The summed E-state index contributed by atoms with van der Waals surface area (Å²) in [5.74, 6) is -0.465. The Morgan fingerprint density at radius 2 is 2.12 bits per heavy atom. The van der Waals surface area contributed by atoms with Crippen LogP contribution in [-0.2, 0) is 4.79 Å². The van der Waals surface area contributed by atoms with E-state index in [1.54, 1.807) is 18.2 Å². The van der Waals surface area contributed by atoms with E-state index in [0.29, 0.717) is 11.4 Å². The first-order valence-corrected chi connectivity index (χ1v) is 4.79. The summed E-state index contributed by atoms with van der Waals surface area (Å²) in [6.45, 7) is -0.353. The average molecular weight is 217 g/mol. The smallest absolute Gasteiger partial charge is 0.341 e. The van der Waals surface area contributed by atoms with Crippen molar-refractivity contribution in [1.82, 2.24) is 0 Å². The van der Waals surface area contributed by atoms with Gasteiger partial charge in [0.15, 0.2) is 6.61 Å². The van der Waals surface area contributed by atoms with Crippen LogP contribution in [0.1, 0.15) is 0 Å². The Morgan fingerprint density at radius 3 is 2.88 bits per heavy atom. The van der Waals surface area contributed by atoms with Crippen molar-refractivity contribution >= 4 is 22.4 Å². The molecule has 0 saturated carbocycles. The summed E-state index contributed by atoms with van der Waals surface area (Å²) < 4.78 is 5.18. The number of benzene rings is 2. The third kappa shape index (κ3) is 2.06. The number of carbonyl (C=O) groups is 1. The van der Waals surface area contributed by atoms with Crippen LogP contribution in [0.5, 0.6) is 5.75 Å². The van der Waals surface area contributed by atoms with E-state index in [9.17, 15) is 4.79 Å². The Labute approximate surface area is 92.3 Å². The van der Waals surface area contributed by atoms with Crippen LogP contribution in [0.3, 0.4) is 0 Å². The van der Waals surface area contributed by atoms with Gasteiger partial charge in [-0.2, -0.15) is 0 Å². The second-order valence-electron chi connectivity index (χ2n) is 3.42. The largest absolute Gasteiger partial charge is 0.481 e. The van der Waals surface area contributed by atoms with Gasteiger partial charge in [-0.05, 0) is 23.6 Å². The van der Waals surface area contributed by atoms with Crippen LogP contribution in [0.2, 0.25) is 0 Å². The molecular weight excluding hydrogens is 206 g/mol. The highest BCUT2D eigenvalue weighted by molar-refractivity contribution is 5.90. The maximum atomic E-state index is 10.4. The molecule has 4 nitrogen and oxygen atoms in total. The number of ether oxygens (including phenoxy) is 1. The molecule has 2 rings (SSSR count). The lowest BCUT2D eigenvalue weighted by atomic mass is 10.1. The summed E-state index contributed by atoms with van der Waals surface area (Å²) in [7, 11) is 0. The van der Waals surface area contributed by atoms with E-state index in [1.165, 1.54) is 0 Å². The topological polar surface area (TPSA) is 72.5 Å². The molecule has 0 heterocycles. The van der Waals surface area contributed by atoms with Gasteiger partial charge in [-0.25, -0.2) is 4.79 Å². The van der Waals surface area contributed by atoms with E-state index in [4.69, 9.17) is 15.6 Å². The number of hydrogen-bond donors (Lipinski definition) is 2. The Hall–Kier alpha value is -2.23. The molecule has 4 heteroatoms. The normalized spacial score (nSPS) is 10.2. The summed E-state index contributed by atoms with van der Waals surface area (Å²) in [6, 6.07) is 10.9. The van der Waals surface area contributed by atoms with Crippen LogP contribution >= 0.6 is 0 Å². The first-order chi connectivity index (χ1) is 7.66. The zero-order valence-corrected chi connectivity index (χ0v) is 8.51. The van der Waals surface area contributed by atoms with E-state index in [1.807, 2.05) is 18.2 Å². The lowest BCUT2D eigenvalue weighted by Gasteiger charge is -2.07. The third-order valence-electron chi connectivity index (χ3n) is 2.22. The van der Waals surface area contributed by atoms with E-state index in [-0.39, 0.29) is 6.61 Å². The molecule has 0 amide bonds. The number of aliphatic carboxylic acids is 1. The van der Waals surface area contributed by atoms with Gasteiger partial charge in [-0.1, -0.05) is 18.2 Å². The minimum absolute atomic E-state index is 0.353. The molecule has 2 aromatic carbocycles. The summed E-state index contributed by atoms with van der Waals surface area (Å²) in [6.07, 6.45) is 0. The van der Waals surface area contributed by atoms with Crippen molar-refractivity contribution in [2.75, 3.05) is 12.3 Å². The summed E-state index contributed by atoms with van der Waals surface area (Å²) >= 11 is 0. The van der Waals surface area contributed by atoms with Gasteiger partial charge in [0.05, 0.1) is 0 Å². The molecule has 2 aromatic rings. The molecule has 0 atom stereocenters. The summed E-state index contributed by atoms with van der Waals surface area (Å²) in [5.41, 5.74) is 6.30. The van der Waals surface area contributed by atoms with Gasteiger partial charge >= 0.3 is 5.97 Å². The zero-order valence-electron chi connectivity index (χ0n) is 8.51. The van der Waals surface area contributed by atoms with Crippen molar-refractivity contribution in [2.45, 2.75) is 0 Å². The van der Waals surface area contributed by atoms with Crippen molar-refractivity contribution in [1.29, 1.82) is 0 Å². The van der Waals surface area contributed by atoms with Crippen LogP contribution in [0, 0.1) is 0 Å². The molecule has 0 fully saturated rings. The first-order valence-electron chi connectivity index (χ1n) is 4.79. The molecule has 0 bridgehead atoms. The molecule has 0 aromatic heterocycles. The van der Waals surface area contributed by atoms with E-state index >= 15 is 0 Å². The fraction of sp³-hybridized carbons (Fsp3) is 0.0833. The quantitative estimate of drug-likeness (QED) is 0.770. The zero-order chi connectivity index (χ0) is 11.5. The number of rotatable bonds is 3. The fourth-order valence-corrected chi connectivity index (χ4v) is 1.53. The highest BCUT2D eigenvalue weighted by Crippen LogP contribution is 2.27. The van der Waals surface area contributed by atoms with Gasteiger partial charge in [-0.3, -0.25) is 0 Å². The maximum Gasteiger partial charge on any atom is 0.341 e. The van der Waals surface area contributed by atoms with E-state index in [2.05, 4.69) is 0 Å². The van der Waals surface area contributed by atoms with Crippen molar-refractivity contribution < 1.29 is 14.6 Å². The minimum Gasteiger partial charge on any atom is -0.481 e. The van der Waals surface area contributed by atoms with Crippen LogP contribution < -0.4 is 10.5 Å². The van der Waals surface area contributed by atoms with Crippen LogP contribution in [0.4, 0.5) is 5.69 Å². The van der Waals surface area contributed by atoms with Gasteiger partial charge < -0.3 is 15.6 Å². The number of fused-ring (bicyclic) bond motifs is 1. The Kier molecular flexibility index (Phi) is 2.64. The molecule has 0 unspecified atom stereocenters. The molecular formula is C12H11NO3. The molecule has 0 aliphatic heterocycles. The predicted octanol–water partition coefficient (Wildman–Crippen LogP) is 1.89. The van der Waals surface area contributed by atoms with Crippen LogP contribution in [0.15, 0.2) is 36.4 Å². The summed E-state index contributed by atoms with van der Waals surface area (Å²) in [5, 5.41) is 10.3. The molecule has 3 N–H and O–H groups in total. The molecule has 82 valence electrons. The highest BCUT2D eigenvalue weighted by Gasteiger charge is 2.04. The van der Waals surface area contributed by atoms with Crippen LogP contribution in [-0.4, -0.2) is 17.7 Å². The molecule has 0 spiro atoms. The second kappa shape index (κ2) is 4.10. The van der Waals surface area contributed by atoms with E-state index in [0.717, 1.165) is 10.8 Å². The summed E-state index contributed by atoms with van der Waals surface area (Å²) in [4.78, 5) is 10.4. The Bertz CT molecular complexity index is 537. The maximum absolute atomic E-state index is 10.4. The van der Waals surface area contributed by atoms with Crippen molar-refractivity contribution in [3.8, 4) is 5.75 Å². The van der Waals surface area contributed by atoms with Gasteiger partial charge in [0.1, 0.15) is 5.75 Å². The number of anilines is 1. The molecule has 0 saturated heterocycles. The molecule has 0 aliphatic carbocycles. The number of carboxylic acid groups (broad SMARTS) is 1. The first kappa shape index (κ1) is 10.3. The second-order valence-corrected chi connectivity index (χ2v) is 3.42. The number of nitrogen functional groups attached to an aromatic ring is 1. The highest BCUT2D eigenvalue weighted by atomic mass is 16.5. The third-order valence-corrected chi connectivity index (χ3v) is 2.22. The van der Waals surface area contributed by atoms with Crippen LogP contribution in [0.25, 0.3) is 10.8 Å². The standard InChI is InChI=1S/C12H11NO3/c13-9-5-4-8-2-1-3-11(10(8)6-9)16-7-12(14)15/h1-6H,7,13H2,(H,14,15). The van der Waals surface area contributed by atoms with Crippen molar-refractivity contribution in [3.63, 3.8) is 0 Å². The van der Waals surface area contributed by atoms with Gasteiger partial charge in [-0.15, -0.1) is 0 Å². The molecule has 0 aliphatic rings. The molecule has 0 radical (unpaired) electrons. The number of hydrogen-bond acceptors (Lipinski definition) is 3. The van der Waals surface area contributed by atoms with Crippen molar-refractivity contribution in [2.24, 2.45) is 0 Å². The lowest BCUT2D eigenvalue weighted by molar-refractivity contribution is -0.139. The number of nitrogens with two attached hydrogens (primary N) is 1. The predicted molar refractivity (Wildman–Crippen MR) is 61.5 cm³/mol. The van der Waals surface area contributed by atoms with E-state index < -0.39 is 5.97 Å². The fourth-order valence-electron chi connectivity index (χ4n) is 1.53. The minimum atomic E-state index is -0.999. The lowest BCUT2D eigenvalue weighted by Crippen LogP contribution is -2.09. The Morgan fingerprint density at radius 1 is 1.31 bits per heavy atom. The van der Waals surface area contributed by atoms with Gasteiger partial charge in [0, 0.05) is 11.1 Å². The molecule has 16 heavy (non-hydrogen) atoms. The number of carboxylic acids is 1.